The molecule has 2 rings (SSSR count). The number of carbonyl (C=O) groups is 1. The van der Waals surface area contributed by atoms with E-state index in [1.165, 1.54) is 12.8 Å². The quantitative estimate of drug-likeness (QED) is 0.672. The number of rotatable bonds is 7. The number of likely N-dealkylation sites (tertiary alicyclic amines) is 1. The standard InChI is InChI=1S/C15H29N3O2/c1-12(2)20-8-4-6-17-15(19)11-18-7-3-5-13-9-16-10-14(13)18/h12-14,16H,3-11H2,1-2H3,(H,17,19). The molecule has 0 radical (unpaired) electrons. The van der Waals surface area contributed by atoms with Gasteiger partial charge in [-0.25, -0.2) is 0 Å². The van der Waals surface area contributed by atoms with Crippen molar-refractivity contribution in [3.63, 3.8) is 0 Å². The molecule has 2 saturated heterocycles. The van der Waals surface area contributed by atoms with Gasteiger partial charge in [-0.05, 0) is 52.1 Å². The molecule has 20 heavy (non-hydrogen) atoms. The van der Waals surface area contributed by atoms with Gasteiger partial charge in [0.05, 0.1) is 12.6 Å². The van der Waals surface area contributed by atoms with Crippen molar-refractivity contribution in [1.29, 1.82) is 0 Å². The van der Waals surface area contributed by atoms with Crippen LogP contribution in [-0.4, -0.2) is 62.3 Å². The first kappa shape index (κ1) is 15.7. The van der Waals surface area contributed by atoms with E-state index in [2.05, 4.69) is 15.5 Å². The predicted octanol–water partition coefficient (Wildman–Crippen LogP) is 0.602. The molecule has 2 N–H and O–H groups in total. The summed E-state index contributed by atoms with van der Waals surface area (Å²) in [5, 5.41) is 6.45. The van der Waals surface area contributed by atoms with Crippen molar-refractivity contribution < 1.29 is 9.53 Å². The zero-order valence-corrected chi connectivity index (χ0v) is 12.9. The van der Waals surface area contributed by atoms with Crippen LogP contribution in [0.15, 0.2) is 0 Å². The van der Waals surface area contributed by atoms with Crippen LogP contribution >= 0.6 is 0 Å². The maximum Gasteiger partial charge on any atom is 0.234 e. The smallest absolute Gasteiger partial charge is 0.234 e. The van der Waals surface area contributed by atoms with Crippen molar-refractivity contribution in [3.8, 4) is 0 Å². The summed E-state index contributed by atoms with van der Waals surface area (Å²) in [5.74, 6) is 0.901. The molecule has 0 aromatic carbocycles. The molecule has 2 aliphatic heterocycles. The zero-order chi connectivity index (χ0) is 14.4. The minimum absolute atomic E-state index is 0.155. The molecule has 2 unspecified atom stereocenters. The van der Waals surface area contributed by atoms with Crippen LogP contribution in [0.25, 0.3) is 0 Å². The highest BCUT2D eigenvalue weighted by Crippen LogP contribution is 2.25. The summed E-state index contributed by atoms with van der Waals surface area (Å²) in [5.41, 5.74) is 0. The minimum atomic E-state index is 0.155. The number of nitrogens with one attached hydrogen (secondary N) is 2. The minimum Gasteiger partial charge on any atom is -0.379 e. The van der Waals surface area contributed by atoms with Crippen molar-refractivity contribution >= 4 is 5.91 Å². The van der Waals surface area contributed by atoms with Crippen LogP contribution < -0.4 is 10.6 Å². The highest BCUT2D eigenvalue weighted by atomic mass is 16.5. The van der Waals surface area contributed by atoms with E-state index in [0.717, 1.165) is 38.6 Å². The average molecular weight is 283 g/mol. The molecule has 5 nitrogen and oxygen atoms in total. The largest absolute Gasteiger partial charge is 0.379 e. The molecule has 2 heterocycles. The molecule has 0 aromatic heterocycles. The van der Waals surface area contributed by atoms with Crippen LogP contribution in [0, 0.1) is 5.92 Å². The Hall–Kier alpha value is -0.650. The second-order valence-corrected chi connectivity index (χ2v) is 6.22. The first-order chi connectivity index (χ1) is 9.66. The van der Waals surface area contributed by atoms with Crippen molar-refractivity contribution in [2.45, 2.75) is 45.3 Å². The van der Waals surface area contributed by atoms with E-state index in [1.807, 2.05) is 13.8 Å². The van der Waals surface area contributed by atoms with Crippen molar-refractivity contribution in [3.05, 3.63) is 0 Å². The van der Waals surface area contributed by atoms with E-state index in [4.69, 9.17) is 4.74 Å². The third-order valence-corrected chi connectivity index (χ3v) is 4.23. The summed E-state index contributed by atoms with van der Waals surface area (Å²) in [6, 6.07) is 0.568. The number of amides is 1. The lowest BCUT2D eigenvalue weighted by Gasteiger charge is -2.36. The number of fused-ring (bicyclic) bond motifs is 1. The average Bonchev–Trinajstić information content (AvgIpc) is 2.87. The lowest BCUT2D eigenvalue weighted by Crippen LogP contribution is -2.49. The van der Waals surface area contributed by atoms with Crippen molar-refractivity contribution in [2.75, 3.05) is 39.3 Å². The molecular weight excluding hydrogens is 254 g/mol. The summed E-state index contributed by atoms with van der Waals surface area (Å²) in [4.78, 5) is 14.3. The van der Waals surface area contributed by atoms with E-state index in [-0.39, 0.29) is 12.0 Å². The van der Waals surface area contributed by atoms with Gasteiger partial charge in [-0.15, -0.1) is 0 Å². The number of carbonyl (C=O) groups excluding carboxylic acids is 1. The Morgan fingerprint density at radius 2 is 2.30 bits per heavy atom. The summed E-state index contributed by atoms with van der Waals surface area (Å²) in [6.45, 7) is 9.26. The Morgan fingerprint density at radius 3 is 3.10 bits per heavy atom. The summed E-state index contributed by atoms with van der Waals surface area (Å²) >= 11 is 0. The highest BCUT2D eigenvalue weighted by Gasteiger charge is 2.35. The maximum atomic E-state index is 12.0. The van der Waals surface area contributed by atoms with Crippen LogP contribution in [0.3, 0.4) is 0 Å². The van der Waals surface area contributed by atoms with Gasteiger partial charge in [0.2, 0.25) is 5.91 Å². The van der Waals surface area contributed by atoms with E-state index < -0.39 is 0 Å². The van der Waals surface area contributed by atoms with Crippen molar-refractivity contribution in [2.24, 2.45) is 5.92 Å². The summed E-state index contributed by atoms with van der Waals surface area (Å²) < 4.78 is 5.46. The third-order valence-electron chi connectivity index (χ3n) is 4.23. The van der Waals surface area contributed by atoms with Gasteiger partial charge in [-0.1, -0.05) is 0 Å². The maximum absolute atomic E-state index is 12.0. The van der Waals surface area contributed by atoms with Crippen LogP contribution in [0.2, 0.25) is 0 Å². The fourth-order valence-electron chi connectivity index (χ4n) is 3.22. The topological polar surface area (TPSA) is 53.6 Å². The second-order valence-electron chi connectivity index (χ2n) is 6.22. The van der Waals surface area contributed by atoms with E-state index >= 15 is 0 Å². The molecule has 0 aromatic rings. The molecule has 0 saturated carbocycles. The lowest BCUT2D eigenvalue weighted by molar-refractivity contribution is -0.123. The number of ether oxygens (including phenoxy) is 1. The lowest BCUT2D eigenvalue weighted by atomic mass is 9.92. The third kappa shape index (κ3) is 4.72. The monoisotopic (exact) mass is 283 g/mol. The number of piperidine rings is 1. The fourth-order valence-corrected chi connectivity index (χ4v) is 3.22. The van der Waals surface area contributed by atoms with E-state index in [0.29, 0.717) is 19.1 Å². The predicted molar refractivity (Wildman–Crippen MR) is 79.7 cm³/mol. The molecule has 0 aliphatic carbocycles. The van der Waals surface area contributed by atoms with Crippen LogP contribution in [0.5, 0.6) is 0 Å². The van der Waals surface area contributed by atoms with Crippen LogP contribution in [-0.2, 0) is 9.53 Å². The summed E-state index contributed by atoms with van der Waals surface area (Å²) in [6.07, 6.45) is 3.68. The van der Waals surface area contributed by atoms with Gasteiger partial charge in [-0.2, -0.15) is 0 Å². The van der Waals surface area contributed by atoms with Gasteiger partial charge in [0.15, 0.2) is 0 Å². The van der Waals surface area contributed by atoms with Gasteiger partial charge in [0, 0.05) is 25.7 Å². The first-order valence-electron chi connectivity index (χ1n) is 8.00. The van der Waals surface area contributed by atoms with Gasteiger partial charge in [0.25, 0.3) is 0 Å². The van der Waals surface area contributed by atoms with Gasteiger partial charge < -0.3 is 15.4 Å². The molecule has 1 amide bonds. The number of nitrogens with zero attached hydrogens (tertiary/aromatic N) is 1. The molecule has 5 heteroatoms. The van der Waals surface area contributed by atoms with Gasteiger partial charge in [-0.3, -0.25) is 9.69 Å². The Labute approximate surface area is 122 Å². The van der Waals surface area contributed by atoms with Crippen LogP contribution in [0.1, 0.15) is 33.1 Å². The molecule has 2 fully saturated rings. The summed E-state index contributed by atoms with van der Waals surface area (Å²) in [7, 11) is 0. The molecule has 0 bridgehead atoms. The SMILES string of the molecule is CC(C)OCCCNC(=O)CN1CCCC2CNCC21. The van der Waals surface area contributed by atoms with E-state index in [9.17, 15) is 4.79 Å². The Morgan fingerprint density at radius 1 is 1.45 bits per heavy atom. The van der Waals surface area contributed by atoms with Crippen LogP contribution in [0.4, 0.5) is 0 Å². The highest BCUT2D eigenvalue weighted by molar-refractivity contribution is 5.78. The molecule has 0 spiro atoms. The fraction of sp³-hybridized carbons (Fsp3) is 0.933. The second kappa shape index (κ2) is 7.96. The van der Waals surface area contributed by atoms with Crippen molar-refractivity contribution in [1.82, 2.24) is 15.5 Å². The molecular formula is C15H29N3O2. The van der Waals surface area contributed by atoms with E-state index in [1.54, 1.807) is 0 Å². The zero-order valence-electron chi connectivity index (χ0n) is 12.9. The number of hydrogen-bond acceptors (Lipinski definition) is 4. The molecule has 116 valence electrons. The Bertz CT molecular complexity index is 309. The van der Waals surface area contributed by atoms with Gasteiger partial charge in [0.1, 0.15) is 0 Å². The number of hydrogen-bond donors (Lipinski definition) is 2. The Kier molecular flexibility index (Phi) is 6.26. The molecule has 2 aliphatic rings. The first-order valence-corrected chi connectivity index (χ1v) is 8.00. The normalized spacial score (nSPS) is 26.8. The molecule has 2 atom stereocenters. The Balaban J connectivity index is 1.61. The van der Waals surface area contributed by atoms with Gasteiger partial charge >= 0.3 is 0 Å².